The Hall–Kier alpha value is -2.95. The van der Waals surface area contributed by atoms with Crippen LogP contribution in [-0.4, -0.2) is 10.5 Å². The third-order valence-electron chi connectivity index (χ3n) is 3.63. The molecule has 0 saturated carbocycles. The third kappa shape index (κ3) is 2.99. The summed E-state index contributed by atoms with van der Waals surface area (Å²) >= 11 is 0. The number of carbonyl (C=O) groups excluding carboxylic acids is 1. The van der Waals surface area contributed by atoms with E-state index >= 15 is 0 Å². The Balaban J connectivity index is 1.95. The van der Waals surface area contributed by atoms with Crippen molar-refractivity contribution in [3.05, 3.63) is 76.3 Å². The minimum Gasteiger partial charge on any atom is -0.322 e. The fourth-order valence-corrected chi connectivity index (χ4v) is 2.53. The van der Waals surface area contributed by atoms with Crippen LogP contribution in [0.3, 0.4) is 0 Å². The third-order valence-corrected chi connectivity index (χ3v) is 3.63. The van der Waals surface area contributed by atoms with E-state index in [9.17, 15) is 14.0 Å². The molecule has 0 fully saturated rings. The summed E-state index contributed by atoms with van der Waals surface area (Å²) in [4.78, 5) is 24.6. The van der Waals surface area contributed by atoms with Gasteiger partial charge in [0.1, 0.15) is 12.4 Å². The summed E-state index contributed by atoms with van der Waals surface area (Å²) in [6.07, 6.45) is 0. The Labute approximate surface area is 132 Å². The van der Waals surface area contributed by atoms with Crippen LogP contribution in [0, 0.1) is 12.7 Å². The molecule has 5 heteroatoms. The van der Waals surface area contributed by atoms with Gasteiger partial charge in [-0.15, -0.1) is 0 Å². The van der Waals surface area contributed by atoms with Crippen LogP contribution in [0.2, 0.25) is 0 Å². The van der Waals surface area contributed by atoms with Gasteiger partial charge in [-0.05, 0) is 36.6 Å². The maximum Gasteiger partial charge on any atom is 0.254 e. The van der Waals surface area contributed by atoms with Gasteiger partial charge in [0.05, 0.1) is 11.2 Å². The highest BCUT2D eigenvalue weighted by Gasteiger charge is 2.11. The number of aryl methyl sites for hydroxylation is 1. The van der Waals surface area contributed by atoms with Crippen LogP contribution < -0.4 is 10.9 Å². The van der Waals surface area contributed by atoms with Gasteiger partial charge in [-0.25, -0.2) is 4.39 Å². The Morgan fingerprint density at radius 1 is 1.13 bits per heavy atom. The maximum absolute atomic E-state index is 13.6. The number of amides is 1. The number of nitrogens with one attached hydrogen (secondary N) is 1. The number of nitrogens with zero attached hydrogens (tertiary/aromatic N) is 1. The number of hydrogen-bond donors (Lipinski definition) is 1. The van der Waals surface area contributed by atoms with E-state index in [-0.39, 0.29) is 17.8 Å². The van der Waals surface area contributed by atoms with Crippen molar-refractivity contribution in [1.29, 1.82) is 0 Å². The second-order valence-corrected chi connectivity index (χ2v) is 5.31. The average molecular weight is 310 g/mol. The second kappa shape index (κ2) is 6.04. The second-order valence-electron chi connectivity index (χ2n) is 5.31. The number of para-hydroxylation sites is 2. The molecular formula is C18H15FN2O2. The normalized spacial score (nSPS) is 10.7. The summed E-state index contributed by atoms with van der Waals surface area (Å²) in [6.45, 7) is 1.54. The number of benzene rings is 2. The Morgan fingerprint density at radius 3 is 2.61 bits per heavy atom. The lowest BCUT2D eigenvalue weighted by Crippen LogP contribution is -2.29. The number of rotatable bonds is 3. The van der Waals surface area contributed by atoms with Crippen molar-refractivity contribution in [3.8, 4) is 0 Å². The molecule has 0 saturated heterocycles. The van der Waals surface area contributed by atoms with Crippen molar-refractivity contribution in [3.63, 3.8) is 0 Å². The molecule has 1 aromatic heterocycles. The van der Waals surface area contributed by atoms with E-state index in [1.54, 1.807) is 31.2 Å². The summed E-state index contributed by atoms with van der Waals surface area (Å²) in [7, 11) is 0. The van der Waals surface area contributed by atoms with Crippen molar-refractivity contribution in [1.82, 2.24) is 4.57 Å². The van der Waals surface area contributed by atoms with Crippen LogP contribution in [0.1, 0.15) is 5.56 Å². The van der Waals surface area contributed by atoms with Crippen LogP contribution in [0.15, 0.2) is 59.4 Å². The molecule has 0 spiro atoms. The van der Waals surface area contributed by atoms with Crippen LogP contribution >= 0.6 is 0 Å². The molecule has 0 aliphatic carbocycles. The first kappa shape index (κ1) is 15.0. The summed E-state index contributed by atoms with van der Waals surface area (Å²) in [6, 6.07) is 15.1. The summed E-state index contributed by atoms with van der Waals surface area (Å²) < 4.78 is 15.0. The van der Waals surface area contributed by atoms with Gasteiger partial charge in [0.15, 0.2) is 0 Å². The molecule has 0 radical (unpaired) electrons. The number of carbonyl (C=O) groups is 1. The van der Waals surface area contributed by atoms with E-state index in [0.29, 0.717) is 11.1 Å². The zero-order valence-corrected chi connectivity index (χ0v) is 12.5. The summed E-state index contributed by atoms with van der Waals surface area (Å²) in [5.41, 5.74) is 1.10. The molecule has 3 aromatic rings. The van der Waals surface area contributed by atoms with Gasteiger partial charge in [-0.3, -0.25) is 14.2 Å². The number of aromatic nitrogens is 1. The van der Waals surface area contributed by atoms with Gasteiger partial charge >= 0.3 is 0 Å². The fourth-order valence-electron chi connectivity index (χ4n) is 2.53. The molecule has 0 bridgehead atoms. The van der Waals surface area contributed by atoms with Crippen molar-refractivity contribution in [2.45, 2.75) is 13.5 Å². The Morgan fingerprint density at radius 2 is 1.83 bits per heavy atom. The molecule has 0 unspecified atom stereocenters. The molecule has 0 aliphatic rings. The lowest BCUT2D eigenvalue weighted by Gasteiger charge is -2.12. The van der Waals surface area contributed by atoms with Crippen LogP contribution in [-0.2, 0) is 11.3 Å². The first-order chi connectivity index (χ1) is 11.1. The summed E-state index contributed by atoms with van der Waals surface area (Å²) in [5.74, 6) is -0.963. The van der Waals surface area contributed by atoms with Crippen LogP contribution in [0.25, 0.3) is 10.9 Å². The molecule has 4 nitrogen and oxygen atoms in total. The first-order valence-corrected chi connectivity index (χ1v) is 7.20. The zero-order valence-electron chi connectivity index (χ0n) is 12.5. The number of hydrogen-bond acceptors (Lipinski definition) is 2. The Bertz CT molecular complexity index is 947. The minimum atomic E-state index is -0.512. The quantitative estimate of drug-likeness (QED) is 0.808. The smallest absolute Gasteiger partial charge is 0.254 e. The molecule has 23 heavy (non-hydrogen) atoms. The first-order valence-electron chi connectivity index (χ1n) is 7.20. The molecule has 1 N–H and O–H groups in total. The van der Waals surface area contributed by atoms with Gasteiger partial charge < -0.3 is 5.32 Å². The molecule has 3 rings (SSSR count). The highest BCUT2D eigenvalue weighted by atomic mass is 19.1. The van der Waals surface area contributed by atoms with Crippen molar-refractivity contribution in [2.75, 3.05) is 5.32 Å². The molecule has 2 aromatic carbocycles. The number of halogens is 1. The predicted molar refractivity (Wildman–Crippen MR) is 88.0 cm³/mol. The number of fused-ring (bicyclic) bond motifs is 1. The standard InChI is InChI=1S/C18H15FN2O2/c1-12-10-13-6-2-5-9-16(13)21(18(12)23)11-17(22)20-15-8-4-3-7-14(15)19/h2-10H,11H2,1H3,(H,20,22). The van der Waals surface area contributed by atoms with Gasteiger partial charge in [-0.2, -0.15) is 0 Å². The molecule has 116 valence electrons. The van der Waals surface area contributed by atoms with Crippen molar-refractivity contribution < 1.29 is 9.18 Å². The highest BCUT2D eigenvalue weighted by Crippen LogP contribution is 2.15. The van der Waals surface area contributed by atoms with Crippen molar-refractivity contribution in [2.24, 2.45) is 0 Å². The van der Waals surface area contributed by atoms with E-state index in [1.165, 1.54) is 16.7 Å². The largest absolute Gasteiger partial charge is 0.322 e. The molecule has 1 amide bonds. The lowest BCUT2D eigenvalue weighted by atomic mass is 10.1. The summed E-state index contributed by atoms with van der Waals surface area (Å²) in [5, 5.41) is 3.37. The maximum atomic E-state index is 13.6. The Kier molecular flexibility index (Phi) is 3.93. The van der Waals surface area contributed by atoms with Gasteiger partial charge in [-0.1, -0.05) is 30.3 Å². The van der Waals surface area contributed by atoms with E-state index in [1.807, 2.05) is 18.2 Å². The fraction of sp³-hybridized carbons (Fsp3) is 0.111. The van der Waals surface area contributed by atoms with Crippen LogP contribution in [0.5, 0.6) is 0 Å². The SMILES string of the molecule is Cc1cc2ccccc2n(CC(=O)Nc2ccccc2F)c1=O. The lowest BCUT2D eigenvalue weighted by molar-refractivity contribution is -0.116. The minimum absolute atomic E-state index is 0.0995. The van der Waals surface area contributed by atoms with Gasteiger partial charge in [0.25, 0.3) is 5.56 Å². The molecule has 0 aliphatic heterocycles. The zero-order chi connectivity index (χ0) is 16.4. The van der Waals surface area contributed by atoms with E-state index < -0.39 is 11.7 Å². The van der Waals surface area contributed by atoms with Crippen LogP contribution in [0.4, 0.5) is 10.1 Å². The van der Waals surface area contributed by atoms with E-state index in [4.69, 9.17) is 0 Å². The average Bonchev–Trinajstić information content (AvgIpc) is 2.54. The topological polar surface area (TPSA) is 51.1 Å². The molecular weight excluding hydrogens is 295 g/mol. The highest BCUT2D eigenvalue weighted by molar-refractivity contribution is 5.92. The van der Waals surface area contributed by atoms with Crippen molar-refractivity contribution >= 4 is 22.5 Å². The predicted octanol–water partition coefficient (Wildman–Crippen LogP) is 3.09. The molecule has 0 atom stereocenters. The number of anilines is 1. The number of pyridine rings is 1. The van der Waals surface area contributed by atoms with Gasteiger partial charge in [0.2, 0.25) is 5.91 Å². The van der Waals surface area contributed by atoms with E-state index in [2.05, 4.69) is 5.32 Å². The monoisotopic (exact) mass is 310 g/mol. The molecule has 1 heterocycles. The van der Waals surface area contributed by atoms with E-state index in [0.717, 1.165) is 5.39 Å². The van der Waals surface area contributed by atoms with Gasteiger partial charge in [0, 0.05) is 5.56 Å².